The molecular weight excluding hydrogens is 949 g/mol. The van der Waals surface area contributed by atoms with Crippen LogP contribution in [0.15, 0.2) is 127 Å². The van der Waals surface area contributed by atoms with Gasteiger partial charge in [-0.15, -0.1) is 0 Å². The number of fused-ring (bicyclic) bond motifs is 3. The van der Waals surface area contributed by atoms with Crippen molar-refractivity contribution >= 4 is 47.3 Å². The molecule has 0 bridgehead atoms. The highest BCUT2D eigenvalue weighted by Crippen LogP contribution is 2.44. The summed E-state index contributed by atoms with van der Waals surface area (Å²) >= 11 is 0. The number of benzene rings is 5. The van der Waals surface area contributed by atoms with Gasteiger partial charge in [0.1, 0.15) is 30.3 Å². The Balaban J connectivity index is 1.27. The molecule has 7 atom stereocenters. The van der Waals surface area contributed by atoms with Crippen molar-refractivity contribution in [2.45, 2.75) is 109 Å². The van der Waals surface area contributed by atoms with Crippen LogP contribution in [0.4, 0.5) is 21.0 Å². The number of aliphatic hydroxyl groups excluding tert-OH is 1. The number of aliphatic hydroxyl groups is 1. The monoisotopic (exact) mass is 1010 g/mol. The Morgan fingerprint density at radius 3 is 1.92 bits per heavy atom. The molecule has 3 unspecified atom stereocenters. The van der Waals surface area contributed by atoms with Gasteiger partial charge < -0.3 is 35.7 Å². The van der Waals surface area contributed by atoms with E-state index < -0.39 is 94.9 Å². The third-order valence-electron chi connectivity index (χ3n) is 13.1. The van der Waals surface area contributed by atoms with Crippen molar-refractivity contribution in [3.63, 3.8) is 0 Å². The largest absolute Gasteiger partial charge is 0.467 e. The van der Waals surface area contributed by atoms with Crippen molar-refractivity contribution in [1.82, 2.24) is 15.5 Å². The van der Waals surface area contributed by atoms with Crippen molar-refractivity contribution in [1.29, 1.82) is 0 Å². The summed E-state index contributed by atoms with van der Waals surface area (Å²) in [5.74, 6) is -5.84. The van der Waals surface area contributed by atoms with Gasteiger partial charge in [0, 0.05) is 36.2 Å². The van der Waals surface area contributed by atoms with Gasteiger partial charge in [-0.1, -0.05) is 123 Å². The number of carbonyl (C=O) groups excluding carboxylic acids is 6. The number of hydrogen-bond donors (Lipinski definition) is 5. The first-order valence-corrected chi connectivity index (χ1v) is 24.3. The number of anilines is 1. The van der Waals surface area contributed by atoms with Crippen LogP contribution in [0, 0.1) is 16.0 Å². The normalized spacial score (nSPS) is 14.8. The zero-order chi connectivity index (χ0) is 53.9. The van der Waals surface area contributed by atoms with Crippen LogP contribution in [0.1, 0.15) is 87.6 Å². The van der Waals surface area contributed by atoms with Crippen LogP contribution in [0.2, 0.25) is 0 Å². The molecule has 1 aliphatic carbocycles. The molecule has 5 aromatic rings. The highest BCUT2D eigenvalue weighted by Gasteiger charge is 2.44. The molecule has 0 aliphatic heterocycles. The summed E-state index contributed by atoms with van der Waals surface area (Å²) in [5, 5.41) is 30.7. The van der Waals surface area contributed by atoms with E-state index in [0.717, 1.165) is 29.4 Å². The summed E-state index contributed by atoms with van der Waals surface area (Å²) in [6.45, 7) is 9.67. The van der Waals surface area contributed by atoms with Gasteiger partial charge in [-0.05, 0) is 91.0 Å². The number of esters is 1. The minimum atomic E-state index is -1.70. The predicted octanol–water partition coefficient (Wildman–Crippen LogP) is 7.55. The third kappa shape index (κ3) is 14.0. The first-order chi connectivity index (χ1) is 35.2. The molecule has 18 heteroatoms. The van der Waals surface area contributed by atoms with Gasteiger partial charge in [-0.2, -0.15) is 0 Å². The number of nitrogens with zero attached hydrogens (tertiary/aromatic N) is 2. The SMILES string of the molecule is COC(=O)[C@H]([C@@H](C)[C@H](C)c1ccccc1NC(=O)OCC1c2ccccc2-c2ccccc21)N(C(=O)CC(O)C(N)Cc1ccc([N+](=O)[O-])cc1)C(=O)C(C)NC(=O)[C@H](Cc1ccccc1)NC(=O)OC(C)(C)C. The number of methoxy groups -OCH3 is 1. The van der Waals surface area contributed by atoms with E-state index in [1.54, 1.807) is 89.2 Å². The number of hydrogen-bond acceptors (Lipinski definition) is 13. The Kier molecular flexibility index (Phi) is 18.4. The van der Waals surface area contributed by atoms with Gasteiger partial charge in [-0.25, -0.2) is 14.4 Å². The lowest BCUT2D eigenvalue weighted by atomic mass is 9.82. The molecule has 0 saturated carbocycles. The summed E-state index contributed by atoms with van der Waals surface area (Å²) in [6, 6.07) is 31.3. The van der Waals surface area contributed by atoms with Gasteiger partial charge in [-0.3, -0.25) is 34.7 Å². The molecule has 390 valence electrons. The topological polar surface area (TPSA) is 259 Å². The fraction of sp³-hybridized carbons (Fsp3) is 0.357. The van der Waals surface area contributed by atoms with E-state index in [1.165, 1.54) is 31.2 Å². The van der Waals surface area contributed by atoms with Gasteiger partial charge in [0.2, 0.25) is 11.8 Å². The molecule has 6 rings (SSSR count). The predicted molar refractivity (Wildman–Crippen MR) is 277 cm³/mol. The fourth-order valence-corrected chi connectivity index (χ4v) is 9.08. The van der Waals surface area contributed by atoms with E-state index in [1.807, 2.05) is 48.5 Å². The summed E-state index contributed by atoms with van der Waals surface area (Å²) in [6.07, 6.45) is -4.08. The smallest absolute Gasteiger partial charge is 0.411 e. The molecule has 0 heterocycles. The van der Waals surface area contributed by atoms with Crippen molar-refractivity contribution < 1.29 is 53.0 Å². The number of alkyl carbamates (subject to hydrolysis) is 1. The summed E-state index contributed by atoms with van der Waals surface area (Å²) in [7, 11) is 1.09. The van der Waals surface area contributed by atoms with Crippen LogP contribution in [0.3, 0.4) is 0 Å². The number of nitrogens with one attached hydrogen (secondary N) is 3. The summed E-state index contributed by atoms with van der Waals surface area (Å²) < 4.78 is 16.6. The maximum atomic E-state index is 14.9. The molecule has 0 saturated heterocycles. The molecule has 6 N–H and O–H groups in total. The lowest BCUT2D eigenvalue weighted by molar-refractivity contribution is -0.384. The molecular formula is C56H64N6O12. The van der Waals surface area contributed by atoms with Crippen LogP contribution >= 0.6 is 0 Å². The Morgan fingerprint density at radius 1 is 0.757 bits per heavy atom. The Bertz CT molecular complexity index is 2770. The molecule has 5 amide bonds. The van der Waals surface area contributed by atoms with Gasteiger partial charge in [0.15, 0.2) is 0 Å². The van der Waals surface area contributed by atoms with E-state index in [4.69, 9.17) is 19.9 Å². The maximum Gasteiger partial charge on any atom is 0.411 e. The van der Waals surface area contributed by atoms with Crippen LogP contribution in [-0.4, -0.2) is 100 Å². The first kappa shape index (κ1) is 55.4. The number of para-hydroxylation sites is 1. The summed E-state index contributed by atoms with van der Waals surface area (Å²) in [4.78, 5) is 96.0. The number of rotatable bonds is 20. The first-order valence-electron chi connectivity index (χ1n) is 24.3. The van der Waals surface area contributed by atoms with Gasteiger partial charge >= 0.3 is 18.2 Å². The van der Waals surface area contributed by atoms with Crippen LogP contribution in [0.5, 0.6) is 0 Å². The number of nitrogens with two attached hydrogens (primary N) is 1. The number of nitro benzene ring substituents is 1. The van der Waals surface area contributed by atoms with Gasteiger partial charge in [0.05, 0.1) is 24.6 Å². The zero-order valence-electron chi connectivity index (χ0n) is 42.5. The second kappa shape index (κ2) is 24.6. The minimum absolute atomic E-state index is 0.0167. The highest BCUT2D eigenvalue weighted by molar-refractivity contribution is 6.03. The number of imide groups is 1. The molecule has 5 aromatic carbocycles. The van der Waals surface area contributed by atoms with Crippen molar-refractivity contribution in [2.24, 2.45) is 11.7 Å². The van der Waals surface area contributed by atoms with Crippen molar-refractivity contribution in [3.05, 3.63) is 165 Å². The van der Waals surface area contributed by atoms with Gasteiger partial charge in [0.25, 0.3) is 11.6 Å². The van der Waals surface area contributed by atoms with Crippen LogP contribution in [0.25, 0.3) is 11.1 Å². The lowest BCUT2D eigenvalue weighted by Crippen LogP contribution is -2.60. The second-order valence-electron chi connectivity index (χ2n) is 19.4. The Morgan fingerprint density at radius 2 is 1.32 bits per heavy atom. The molecule has 18 nitrogen and oxygen atoms in total. The molecule has 74 heavy (non-hydrogen) atoms. The Hall–Kier alpha value is -7.96. The van der Waals surface area contributed by atoms with E-state index in [9.17, 15) is 44.0 Å². The number of ether oxygens (including phenoxy) is 3. The average molecular weight is 1010 g/mol. The van der Waals surface area contributed by atoms with E-state index >= 15 is 0 Å². The highest BCUT2D eigenvalue weighted by atomic mass is 16.6. The molecule has 0 fully saturated rings. The number of nitro groups is 1. The number of amides is 5. The average Bonchev–Trinajstić information content (AvgIpc) is 3.69. The quantitative estimate of drug-likeness (QED) is 0.0219. The fourth-order valence-electron chi connectivity index (χ4n) is 9.08. The van der Waals surface area contributed by atoms with E-state index in [-0.39, 0.29) is 31.1 Å². The molecule has 1 aliphatic rings. The standard InChI is InChI=1S/C56H64N6O12/c1-33(39-19-15-16-24-46(39)59-54(68)73-32-44-42-22-13-11-20-40(42)41-21-12-14-23-43(41)44)34(2)50(53(67)72-7)61(49(64)31-48(63)45(57)29-37-25-27-38(28-26-37)62(70)71)52(66)35(3)58-51(65)47(30-36-17-9-8-10-18-36)60-55(69)74-56(4,5)6/h8-28,33-35,44-45,47-48,50,63H,29-32,57H2,1-7H3,(H,58,65)(H,59,68)(H,60,69)/t33-,34-,35?,45?,47-,48?,50-/m0/s1. The van der Waals surface area contributed by atoms with Crippen LogP contribution in [-0.2, 0) is 46.2 Å². The minimum Gasteiger partial charge on any atom is -0.467 e. The van der Waals surface area contributed by atoms with Crippen LogP contribution < -0.4 is 21.7 Å². The van der Waals surface area contributed by atoms with E-state index in [2.05, 4.69) is 16.0 Å². The van der Waals surface area contributed by atoms with Crippen molar-refractivity contribution in [3.8, 4) is 11.1 Å². The van der Waals surface area contributed by atoms with Crippen molar-refractivity contribution in [2.75, 3.05) is 19.0 Å². The van der Waals surface area contributed by atoms with E-state index in [0.29, 0.717) is 27.3 Å². The third-order valence-corrected chi connectivity index (χ3v) is 13.1. The number of carbonyl (C=O) groups is 6. The zero-order valence-corrected chi connectivity index (χ0v) is 42.5. The maximum absolute atomic E-state index is 14.9. The lowest BCUT2D eigenvalue weighted by Gasteiger charge is -2.37. The molecule has 0 radical (unpaired) electrons. The Labute approximate surface area is 430 Å². The summed E-state index contributed by atoms with van der Waals surface area (Å²) in [5.41, 5.74) is 11.5. The molecule has 0 aromatic heterocycles. The molecule has 0 spiro atoms. The second-order valence-corrected chi connectivity index (χ2v) is 19.4. The number of non-ortho nitro benzene ring substituents is 1.